The lowest BCUT2D eigenvalue weighted by Gasteiger charge is -2.06. The fraction of sp³-hybridized carbons (Fsp3) is 0.417. The van der Waals surface area contributed by atoms with Gasteiger partial charge in [-0.3, -0.25) is 0 Å². The highest BCUT2D eigenvalue weighted by molar-refractivity contribution is 7.09. The van der Waals surface area contributed by atoms with Crippen molar-refractivity contribution in [1.29, 1.82) is 0 Å². The van der Waals surface area contributed by atoms with Crippen LogP contribution in [-0.2, 0) is 17.8 Å². The molecule has 5 nitrogen and oxygen atoms in total. The van der Waals surface area contributed by atoms with Crippen LogP contribution in [0.2, 0.25) is 0 Å². The van der Waals surface area contributed by atoms with Gasteiger partial charge in [0.25, 0.3) is 0 Å². The van der Waals surface area contributed by atoms with Crippen molar-refractivity contribution in [3.8, 4) is 0 Å². The van der Waals surface area contributed by atoms with Gasteiger partial charge in [-0.1, -0.05) is 0 Å². The number of anilines is 1. The fourth-order valence-corrected chi connectivity index (χ4v) is 2.25. The highest BCUT2D eigenvalue weighted by Gasteiger charge is 2.07. The summed E-state index contributed by atoms with van der Waals surface area (Å²) < 4.78 is 5.11. The summed E-state index contributed by atoms with van der Waals surface area (Å²) in [5, 5.41) is 6.14. The molecule has 0 aliphatic carbocycles. The average Bonchev–Trinajstić information content (AvgIpc) is 2.75. The van der Waals surface area contributed by atoms with Gasteiger partial charge in [0.15, 0.2) is 0 Å². The minimum absolute atomic E-state index is 0.486. The van der Waals surface area contributed by atoms with Gasteiger partial charge in [0.2, 0.25) is 0 Å². The van der Waals surface area contributed by atoms with Gasteiger partial charge in [0.1, 0.15) is 11.6 Å². The summed E-state index contributed by atoms with van der Waals surface area (Å²) >= 11 is 1.64. The smallest absolute Gasteiger partial charge is 0.137 e. The van der Waals surface area contributed by atoms with Crippen molar-refractivity contribution in [3.63, 3.8) is 0 Å². The Labute approximate surface area is 110 Å². The number of nitrogens with zero attached hydrogens (tertiary/aromatic N) is 3. The van der Waals surface area contributed by atoms with Crippen LogP contribution >= 0.6 is 11.3 Å². The molecular weight excluding hydrogens is 248 g/mol. The molecule has 0 fully saturated rings. The maximum absolute atomic E-state index is 5.11. The van der Waals surface area contributed by atoms with E-state index in [1.54, 1.807) is 18.4 Å². The van der Waals surface area contributed by atoms with Gasteiger partial charge < -0.3 is 10.1 Å². The minimum Gasteiger partial charge on any atom is -0.378 e. The Kier molecular flexibility index (Phi) is 4.22. The van der Waals surface area contributed by atoms with Gasteiger partial charge >= 0.3 is 0 Å². The zero-order valence-corrected chi connectivity index (χ0v) is 11.5. The van der Waals surface area contributed by atoms with Crippen LogP contribution in [0.25, 0.3) is 0 Å². The Bertz CT molecular complexity index is 527. The fourth-order valence-electron chi connectivity index (χ4n) is 1.63. The van der Waals surface area contributed by atoms with E-state index in [0.717, 1.165) is 28.0 Å². The molecule has 1 N–H and O–H groups in total. The number of methoxy groups -OCH3 is 1. The molecule has 0 saturated heterocycles. The third-order valence-corrected chi connectivity index (χ3v) is 3.20. The van der Waals surface area contributed by atoms with E-state index in [2.05, 4.69) is 20.3 Å². The molecule has 0 radical (unpaired) electrons. The first-order chi connectivity index (χ1) is 8.71. The quantitative estimate of drug-likeness (QED) is 0.895. The summed E-state index contributed by atoms with van der Waals surface area (Å²) in [6.07, 6.45) is 0.649. The van der Waals surface area contributed by atoms with Crippen molar-refractivity contribution in [3.05, 3.63) is 33.7 Å². The number of thiazole rings is 1. The molecule has 0 unspecified atom stereocenters. The molecule has 0 atom stereocenters. The van der Waals surface area contributed by atoms with Crippen molar-refractivity contribution < 1.29 is 4.74 Å². The number of aryl methyl sites for hydroxylation is 1. The second-order valence-electron chi connectivity index (χ2n) is 3.88. The van der Waals surface area contributed by atoms with Crippen molar-refractivity contribution >= 4 is 17.2 Å². The normalized spacial score (nSPS) is 10.6. The molecule has 0 bridgehead atoms. The largest absolute Gasteiger partial charge is 0.378 e. The first kappa shape index (κ1) is 12.9. The minimum atomic E-state index is 0.486. The van der Waals surface area contributed by atoms with Gasteiger partial charge in [-0.05, 0) is 6.92 Å². The lowest BCUT2D eigenvalue weighted by molar-refractivity contribution is 0.181. The number of nitrogens with one attached hydrogen (secondary N) is 1. The Morgan fingerprint density at radius 1 is 1.28 bits per heavy atom. The van der Waals surface area contributed by atoms with E-state index in [-0.39, 0.29) is 0 Å². The van der Waals surface area contributed by atoms with Gasteiger partial charge in [-0.25, -0.2) is 15.0 Å². The van der Waals surface area contributed by atoms with Crippen LogP contribution < -0.4 is 5.32 Å². The molecule has 0 spiro atoms. The van der Waals surface area contributed by atoms with Crippen molar-refractivity contribution in [2.75, 3.05) is 19.5 Å². The van der Waals surface area contributed by atoms with Crippen LogP contribution in [0.5, 0.6) is 0 Å². The van der Waals surface area contributed by atoms with Gasteiger partial charge in [0.05, 0.1) is 29.4 Å². The molecule has 96 valence electrons. The van der Waals surface area contributed by atoms with E-state index in [4.69, 9.17) is 4.74 Å². The summed E-state index contributed by atoms with van der Waals surface area (Å²) in [4.78, 5) is 13.3. The number of ether oxygens (including phenoxy) is 1. The molecule has 2 aromatic heterocycles. The molecule has 2 aromatic rings. The summed E-state index contributed by atoms with van der Waals surface area (Å²) in [5.41, 5.74) is 1.88. The highest BCUT2D eigenvalue weighted by atomic mass is 32.1. The summed E-state index contributed by atoms with van der Waals surface area (Å²) in [6, 6.07) is 1.89. The predicted octanol–water partition coefficient (Wildman–Crippen LogP) is 2.02. The molecule has 0 amide bonds. The SMILES string of the molecule is CNc1cc(COC)nc(Cc2csc(C)n2)n1. The van der Waals surface area contributed by atoms with Gasteiger partial charge in [0, 0.05) is 25.6 Å². The Morgan fingerprint density at radius 2 is 2.11 bits per heavy atom. The highest BCUT2D eigenvalue weighted by Crippen LogP contribution is 2.13. The van der Waals surface area contributed by atoms with Gasteiger partial charge in [-0.15, -0.1) is 11.3 Å². The van der Waals surface area contributed by atoms with Crippen LogP contribution in [0, 0.1) is 6.92 Å². The zero-order chi connectivity index (χ0) is 13.0. The molecule has 0 aliphatic rings. The molecular formula is C12H16N4OS. The van der Waals surface area contributed by atoms with Crippen LogP contribution in [0.15, 0.2) is 11.4 Å². The van der Waals surface area contributed by atoms with Crippen LogP contribution in [0.3, 0.4) is 0 Å². The first-order valence-electron chi connectivity index (χ1n) is 5.66. The molecule has 0 aromatic carbocycles. The summed E-state index contributed by atoms with van der Waals surface area (Å²) in [7, 11) is 3.50. The maximum atomic E-state index is 5.11. The Morgan fingerprint density at radius 3 is 2.72 bits per heavy atom. The molecule has 0 saturated carbocycles. The first-order valence-corrected chi connectivity index (χ1v) is 6.53. The summed E-state index contributed by atoms with van der Waals surface area (Å²) in [6.45, 7) is 2.48. The molecule has 2 rings (SSSR count). The van der Waals surface area contributed by atoms with Crippen molar-refractivity contribution in [1.82, 2.24) is 15.0 Å². The lowest BCUT2D eigenvalue weighted by Crippen LogP contribution is -2.05. The lowest BCUT2D eigenvalue weighted by atomic mass is 10.3. The van der Waals surface area contributed by atoms with Crippen molar-refractivity contribution in [2.24, 2.45) is 0 Å². The van der Waals surface area contributed by atoms with Crippen LogP contribution in [0.4, 0.5) is 5.82 Å². The third kappa shape index (κ3) is 3.24. The Balaban J connectivity index is 2.23. The van der Waals surface area contributed by atoms with Crippen LogP contribution in [0.1, 0.15) is 22.2 Å². The topological polar surface area (TPSA) is 59.9 Å². The number of rotatable bonds is 5. The van der Waals surface area contributed by atoms with E-state index < -0.39 is 0 Å². The van der Waals surface area contributed by atoms with E-state index in [1.807, 2.05) is 25.4 Å². The van der Waals surface area contributed by atoms with E-state index >= 15 is 0 Å². The molecule has 18 heavy (non-hydrogen) atoms. The Hall–Kier alpha value is -1.53. The third-order valence-electron chi connectivity index (χ3n) is 2.38. The van der Waals surface area contributed by atoms with Crippen LogP contribution in [-0.4, -0.2) is 29.1 Å². The van der Waals surface area contributed by atoms with E-state index in [0.29, 0.717) is 13.0 Å². The monoisotopic (exact) mass is 264 g/mol. The van der Waals surface area contributed by atoms with E-state index in [1.165, 1.54) is 0 Å². The molecule has 0 aliphatic heterocycles. The predicted molar refractivity (Wildman–Crippen MR) is 71.9 cm³/mol. The number of hydrogen-bond donors (Lipinski definition) is 1. The maximum Gasteiger partial charge on any atom is 0.137 e. The van der Waals surface area contributed by atoms with Crippen molar-refractivity contribution in [2.45, 2.75) is 20.0 Å². The number of hydrogen-bond acceptors (Lipinski definition) is 6. The van der Waals surface area contributed by atoms with E-state index in [9.17, 15) is 0 Å². The molecule has 2 heterocycles. The molecule has 6 heteroatoms. The summed E-state index contributed by atoms with van der Waals surface area (Å²) in [5.74, 6) is 1.57. The zero-order valence-electron chi connectivity index (χ0n) is 10.7. The number of aromatic nitrogens is 3. The second-order valence-corrected chi connectivity index (χ2v) is 4.94. The van der Waals surface area contributed by atoms with Gasteiger partial charge in [-0.2, -0.15) is 0 Å². The average molecular weight is 264 g/mol. The standard InChI is InChI=1S/C12H16N4OS/c1-8-14-10(7-18-8)5-12-15-9(6-17-3)4-11(13-2)16-12/h4,7H,5-6H2,1-3H3,(H,13,15,16). The second kappa shape index (κ2) is 5.88.